The number of rotatable bonds is 7. The van der Waals surface area contributed by atoms with Gasteiger partial charge in [-0.25, -0.2) is 0 Å². The number of amides is 2. The van der Waals surface area contributed by atoms with Gasteiger partial charge in [0.25, 0.3) is 0 Å². The zero-order valence-electron chi connectivity index (χ0n) is 16.1. The molecular weight excluding hydrogens is 390 g/mol. The zero-order valence-corrected chi connectivity index (χ0v) is 16.9. The molecule has 1 aromatic heterocycles. The van der Waals surface area contributed by atoms with Crippen LogP contribution in [0.3, 0.4) is 0 Å². The molecule has 0 unspecified atom stereocenters. The number of aromatic nitrogens is 3. The Balaban J connectivity index is 1.63. The molecule has 2 amide bonds. The molecule has 0 aliphatic carbocycles. The van der Waals surface area contributed by atoms with E-state index in [4.69, 9.17) is 17.0 Å². The van der Waals surface area contributed by atoms with Gasteiger partial charge in [-0.05, 0) is 60.7 Å². The summed E-state index contributed by atoms with van der Waals surface area (Å²) < 4.78 is 7.41. The first-order valence-corrected chi connectivity index (χ1v) is 9.34. The summed E-state index contributed by atoms with van der Waals surface area (Å²) in [6, 6.07) is 14.4. The van der Waals surface area contributed by atoms with Crippen molar-refractivity contribution in [2.45, 2.75) is 19.9 Å². The Kier molecular flexibility index (Phi) is 6.40. The zero-order chi connectivity index (χ0) is 20.8. The van der Waals surface area contributed by atoms with Crippen molar-refractivity contribution in [2.24, 2.45) is 0 Å². The molecule has 0 radical (unpaired) electrons. The third-order valence-corrected chi connectivity index (χ3v) is 4.47. The molecule has 9 heteroatoms. The van der Waals surface area contributed by atoms with Gasteiger partial charge in [-0.15, -0.1) is 0 Å². The number of anilines is 2. The smallest absolute Gasteiger partial charge is 0.226 e. The summed E-state index contributed by atoms with van der Waals surface area (Å²) in [5.74, 6) is 1.11. The van der Waals surface area contributed by atoms with E-state index >= 15 is 0 Å². The Bertz CT molecular complexity index is 1050. The molecule has 0 atom stereocenters. The summed E-state index contributed by atoms with van der Waals surface area (Å²) in [5, 5.41) is 12.6. The highest BCUT2D eigenvalue weighted by molar-refractivity contribution is 7.71. The summed E-state index contributed by atoms with van der Waals surface area (Å²) >= 11 is 5.31. The fraction of sp³-hybridized carbons (Fsp3) is 0.200. The quantitative estimate of drug-likeness (QED) is 0.516. The van der Waals surface area contributed by atoms with Crippen LogP contribution < -0.4 is 15.4 Å². The van der Waals surface area contributed by atoms with E-state index in [-0.39, 0.29) is 18.2 Å². The minimum absolute atomic E-state index is 0.147. The lowest BCUT2D eigenvalue weighted by Gasteiger charge is -2.09. The van der Waals surface area contributed by atoms with Gasteiger partial charge in [0.2, 0.25) is 11.8 Å². The topological polar surface area (TPSA) is 101 Å². The first-order chi connectivity index (χ1) is 14.0. The van der Waals surface area contributed by atoms with E-state index < -0.39 is 0 Å². The molecule has 0 aliphatic heterocycles. The number of methoxy groups -OCH3 is 1. The van der Waals surface area contributed by atoms with Crippen LogP contribution in [0.4, 0.5) is 11.4 Å². The Morgan fingerprint density at radius 3 is 2.28 bits per heavy atom. The van der Waals surface area contributed by atoms with Crippen LogP contribution in [0.5, 0.6) is 5.75 Å². The van der Waals surface area contributed by atoms with Crippen LogP contribution in [0.15, 0.2) is 48.5 Å². The number of benzene rings is 2. The fourth-order valence-electron chi connectivity index (χ4n) is 2.76. The molecule has 0 aliphatic rings. The van der Waals surface area contributed by atoms with Gasteiger partial charge in [0.1, 0.15) is 5.75 Å². The van der Waals surface area contributed by atoms with Crippen LogP contribution in [0.1, 0.15) is 13.3 Å². The van der Waals surface area contributed by atoms with Crippen molar-refractivity contribution in [1.29, 1.82) is 0 Å². The molecule has 0 saturated heterocycles. The molecule has 2 aromatic carbocycles. The maximum absolute atomic E-state index is 12.3. The predicted molar refractivity (Wildman–Crippen MR) is 113 cm³/mol. The molecule has 3 rings (SSSR count). The van der Waals surface area contributed by atoms with Gasteiger partial charge in [-0.2, -0.15) is 5.10 Å². The lowest BCUT2D eigenvalue weighted by atomic mass is 10.2. The highest BCUT2D eigenvalue weighted by Gasteiger charge is 2.11. The third-order valence-electron chi connectivity index (χ3n) is 4.16. The summed E-state index contributed by atoms with van der Waals surface area (Å²) in [6.45, 7) is 1.82. The van der Waals surface area contributed by atoms with E-state index in [2.05, 4.69) is 20.8 Å². The van der Waals surface area contributed by atoms with Crippen molar-refractivity contribution in [3.05, 3.63) is 53.3 Å². The van der Waals surface area contributed by atoms with Crippen molar-refractivity contribution >= 4 is 35.4 Å². The van der Waals surface area contributed by atoms with Crippen molar-refractivity contribution in [1.82, 2.24) is 14.8 Å². The van der Waals surface area contributed by atoms with Gasteiger partial charge in [0, 0.05) is 36.8 Å². The van der Waals surface area contributed by atoms with Crippen LogP contribution in [-0.4, -0.2) is 33.7 Å². The van der Waals surface area contributed by atoms with Crippen molar-refractivity contribution < 1.29 is 14.3 Å². The number of hydrogen-bond acceptors (Lipinski definition) is 5. The number of carbonyl (C=O) groups is 2. The van der Waals surface area contributed by atoms with Gasteiger partial charge in [0.15, 0.2) is 10.6 Å². The normalized spacial score (nSPS) is 10.4. The molecular formula is C20H21N5O3S. The number of ether oxygens (including phenoxy) is 1. The Morgan fingerprint density at radius 1 is 1.07 bits per heavy atom. The average molecular weight is 411 g/mol. The molecule has 3 N–H and O–H groups in total. The molecule has 0 fully saturated rings. The number of nitrogens with zero attached hydrogens (tertiary/aromatic N) is 2. The maximum Gasteiger partial charge on any atom is 0.226 e. The van der Waals surface area contributed by atoms with Crippen LogP contribution in [0.25, 0.3) is 11.4 Å². The van der Waals surface area contributed by atoms with Crippen molar-refractivity contribution in [2.75, 3.05) is 17.7 Å². The first kappa shape index (κ1) is 20.3. The lowest BCUT2D eigenvalue weighted by molar-refractivity contribution is -0.116. The number of nitrogens with one attached hydrogen (secondary N) is 3. The van der Waals surface area contributed by atoms with E-state index in [0.29, 0.717) is 28.5 Å². The third kappa shape index (κ3) is 5.29. The largest absolute Gasteiger partial charge is 0.497 e. The molecule has 0 bridgehead atoms. The molecule has 8 nitrogen and oxygen atoms in total. The summed E-state index contributed by atoms with van der Waals surface area (Å²) in [5.41, 5.74) is 2.19. The molecule has 150 valence electrons. The van der Waals surface area contributed by atoms with Gasteiger partial charge in [-0.1, -0.05) is 0 Å². The van der Waals surface area contributed by atoms with E-state index in [1.165, 1.54) is 6.92 Å². The van der Waals surface area contributed by atoms with Gasteiger partial charge < -0.3 is 15.4 Å². The molecule has 1 heterocycles. The average Bonchev–Trinajstić information content (AvgIpc) is 3.08. The predicted octanol–water partition coefficient (Wildman–Crippen LogP) is 3.60. The second kappa shape index (κ2) is 9.16. The number of carbonyl (C=O) groups excluding carboxylic acids is 2. The van der Waals surface area contributed by atoms with Gasteiger partial charge >= 0.3 is 0 Å². The number of hydrogen-bond donors (Lipinski definition) is 3. The van der Waals surface area contributed by atoms with Crippen molar-refractivity contribution in [3.63, 3.8) is 0 Å². The van der Waals surface area contributed by atoms with Crippen LogP contribution in [0.2, 0.25) is 0 Å². The number of H-pyrrole nitrogens is 1. The van der Waals surface area contributed by atoms with Gasteiger partial charge in [0.05, 0.1) is 7.11 Å². The standard InChI is InChI=1S/C20H21N5O3S/c1-13(26)21-15-5-7-16(8-6-15)22-18(27)11-12-25-19(23-24-20(25)29)14-3-9-17(28-2)10-4-14/h3-10H,11-12H2,1-2H3,(H,21,26)(H,22,27)(H,24,29). The van der Waals surface area contributed by atoms with E-state index in [1.807, 2.05) is 24.3 Å². The summed E-state index contributed by atoms with van der Waals surface area (Å²) in [6.07, 6.45) is 0.227. The SMILES string of the molecule is COc1ccc(-c2n[nH]c(=S)n2CCC(=O)Nc2ccc(NC(C)=O)cc2)cc1. The molecule has 3 aromatic rings. The monoisotopic (exact) mass is 411 g/mol. The maximum atomic E-state index is 12.3. The minimum atomic E-state index is -0.152. The highest BCUT2D eigenvalue weighted by Crippen LogP contribution is 2.21. The van der Waals surface area contributed by atoms with Crippen LogP contribution >= 0.6 is 12.2 Å². The summed E-state index contributed by atoms with van der Waals surface area (Å²) in [7, 11) is 1.61. The lowest BCUT2D eigenvalue weighted by Crippen LogP contribution is -2.15. The van der Waals surface area contributed by atoms with E-state index in [1.54, 1.807) is 35.9 Å². The highest BCUT2D eigenvalue weighted by atomic mass is 32.1. The van der Waals surface area contributed by atoms with Crippen LogP contribution in [-0.2, 0) is 16.1 Å². The summed E-state index contributed by atoms with van der Waals surface area (Å²) in [4.78, 5) is 23.4. The molecule has 0 spiro atoms. The molecule has 0 saturated carbocycles. The minimum Gasteiger partial charge on any atom is -0.497 e. The second-order valence-corrected chi connectivity index (χ2v) is 6.68. The Hall–Kier alpha value is -3.46. The Labute approximate surface area is 172 Å². The number of aromatic amines is 1. The Morgan fingerprint density at radius 2 is 1.69 bits per heavy atom. The van der Waals surface area contributed by atoms with E-state index in [0.717, 1.165) is 11.3 Å². The first-order valence-electron chi connectivity index (χ1n) is 8.93. The fourth-order valence-corrected chi connectivity index (χ4v) is 2.99. The van der Waals surface area contributed by atoms with E-state index in [9.17, 15) is 9.59 Å². The molecule has 29 heavy (non-hydrogen) atoms. The van der Waals surface area contributed by atoms with Gasteiger partial charge in [-0.3, -0.25) is 19.3 Å². The van der Waals surface area contributed by atoms with Crippen LogP contribution in [0, 0.1) is 4.77 Å². The second-order valence-electron chi connectivity index (χ2n) is 6.29. The van der Waals surface area contributed by atoms with Crippen molar-refractivity contribution in [3.8, 4) is 17.1 Å².